The number of amides is 1. The lowest BCUT2D eigenvalue weighted by molar-refractivity contribution is -0.117. The maximum Gasteiger partial charge on any atom is 0.274 e. The second-order valence-corrected chi connectivity index (χ2v) is 6.06. The van der Waals surface area contributed by atoms with Gasteiger partial charge in [0, 0.05) is 38.7 Å². The van der Waals surface area contributed by atoms with Crippen molar-refractivity contribution in [3.63, 3.8) is 0 Å². The third-order valence-electron chi connectivity index (χ3n) is 4.54. The lowest BCUT2D eigenvalue weighted by Crippen LogP contribution is -2.33. The highest BCUT2D eigenvalue weighted by molar-refractivity contribution is 5.96. The van der Waals surface area contributed by atoms with Crippen LogP contribution in [0, 0.1) is 0 Å². The van der Waals surface area contributed by atoms with Gasteiger partial charge in [-0.2, -0.15) is 0 Å². The Balaban J connectivity index is 1.82. The van der Waals surface area contributed by atoms with Crippen molar-refractivity contribution in [1.29, 1.82) is 0 Å². The van der Waals surface area contributed by atoms with Gasteiger partial charge in [-0.25, -0.2) is 0 Å². The van der Waals surface area contributed by atoms with Crippen LogP contribution >= 0.6 is 0 Å². The van der Waals surface area contributed by atoms with Crippen LogP contribution in [0.2, 0.25) is 0 Å². The summed E-state index contributed by atoms with van der Waals surface area (Å²) in [6.07, 6.45) is 2.12. The fourth-order valence-corrected chi connectivity index (χ4v) is 3.14. The fourth-order valence-electron chi connectivity index (χ4n) is 3.14. The predicted molar refractivity (Wildman–Crippen MR) is 95.3 cm³/mol. The highest BCUT2D eigenvalue weighted by Crippen LogP contribution is 2.31. The number of aromatic nitrogens is 1. The first-order chi connectivity index (χ1) is 12.1. The van der Waals surface area contributed by atoms with E-state index in [9.17, 15) is 9.59 Å². The zero-order valence-electron chi connectivity index (χ0n) is 14.5. The second kappa shape index (κ2) is 7.53. The van der Waals surface area contributed by atoms with Gasteiger partial charge in [-0.3, -0.25) is 9.59 Å². The van der Waals surface area contributed by atoms with Gasteiger partial charge in [-0.1, -0.05) is 12.1 Å². The van der Waals surface area contributed by atoms with Crippen LogP contribution in [0.25, 0.3) is 0 Å². The van der Waals surface area contributed by atoms with Crippen LogP contribution in [-0.2, 0) is 16.1 Å². The Morgan fingerprint density at radius 1 is 1.12 bits per heavy atom. The van der Waals surface area contributed by atoms with Crippen LogP contribution in [0.1, 0.15) is 17.9 Å². The van der Waals surface area contributed by atoms with Gasteiger partial charge in [0.2, 0.25) is 5.91 Å². The molecule has 1 aliphatic rings. The summed E-state index contributed by atoms with van der Waals surface area (Å²) in [6, 6.07) is 11.2. The number of anilines is 1. The minimum Gasteiger partial charge on any atom is -0.497 e. The molecule has 2 aromatic rings. The fraction of sp³-hybridized carbons (Fsp3) is 0.368. The van der Waals surface area contributed by atoms with Crippen molar-refractivity contribution >= 4 is 11.6 Å². The molecule has 1 fully saturated rings. The molecular weight excluding hydrogens is 320 g/mol. The summed E-state index contributed by atoms with van der Waals surface area (Å²) in [7, 11) is 3.22. The van der Waals surface area contributed by atoms with E-state index in [0.717, 1.165) is 11.3 Å². The number of carbonyl (C=O) groups excluding carboxylic acids is 1. The Bertz CT molecular complexity index is 798. The minimum atomic E-state index is -0.164. The summed E-state index contributed by atoms with van der Waals surface area (Å²) >= 11 is 0. The second-order valence-electron chi connectivity index (χ2n) is 6.06. The van der Waals surface area contributed by atoms with E-state index in [-0.39, 0.29) is 17.4 Å². The van der Waals surface area contributed by atoms with Gasteiger partial charge in [-0.15, -0.1) is 0 Å². The van der Waals surface area contributed by atoms with E-state index in [0.29, 0.717) is 31.8 Å². The number of hydrogen-bond acceptors (Lipinski definition) is 4. The van der Waals surface area contributed by atoms with Crippen molar-refractivity contribution in [2.45, 2.75) is 18.9 Å². The first kappa shape index (κ1) is 17.2. The standard InChI is InChI=1S/C19H22N2O4/c1-24-11-10-20-9-3-4-17(19(20)23)21-13-15(12-18(21)22)14-5-7-16(25-2)8-6-14/h3-9,15H,10-13H2,1-2H3/t15-/m0/s1. The Morgan fingerprint density at radius 3 is 2.56 bits per heavy atom. The van der Waals surface area contributed by atoms with E-state index in [4.69, 9.17) is 9.47 Å². The number of pyridine rings is 1. The van der Waals surface area contributed by atoms with Crippen LogP contribution in [-0.4, -0.2) is 37.8 Å². The molecule has 1 aliphatic heterocycles. The molecule has 1 aromatic carbocycles. The van der Waals surface area contributed by atoms with Gasteiger partial charge < -0.3 is 18.9 Å². The van der Waals surface area contributed by atoms with Gasteiger partial charge in [0.05, 0.1) is 13.7 Å². The van der Waals surface area contributed by atoms with Crippen molar-refractivity contribution in [2.24, 2.45) is 0 Å². The van der Waals surface area contributed by atoms with Crippen LogP contribution in [0.4, 0.5) is 5.69 Å². The summed E-state index contributed by atoms with van der Waals surface area (Å²) in [5, 5.41) is 0. The lowest BCUT2D eigenvalue weighted by atomic mass is 9.98. The predicted octanol–water partition coefficient (Wildman–Crippen LogP) is 2.02. The highest BCUT2D eigenvalue weighted by Gasteiger charge is 2.33. The molecule has 6 heteroatoms. The van der Waals surface area contributed by atoms with Crippen LogP contribution in [0.3, 0.4) is 0 Å². The number of ether oxygens (including phenoxy) is 2. The van der Waals surface area contributed by atoms with E-state index in [1.54, 1.807) is 42.0 Å². The van der Waals surface area contributed by atoms with Crippen molar-refractivity contribution in [1.82, 2.24) is 4.57 Å². The van der Waals surface area contributed by atoms with E-state index >= 15 is 0 Å². The average Bonchev–Trinajstić information content (AvgIpc) is 3.02. The third kappa shape index (κ3) is 3.58. The quantitative estimate of drug-likeness (QED) is 0.806. The molecule has 0 radical (unpaired) electrons. The number of carbonyl (C=O) groups is 1. The SMILES string of the molecule is COCCn1cccc(N2C[C@@H](c3ccc(OC)cc3)CC2=O)c1=O. The summed E-state index contributed by atoms with van der Waals surface area (Å²) in [5.41, 5.74) is 1.34. The van der Waals surface area contributed by atoms with Gasteiger partial charge in [-0.05, 0) is 29.8 Å². The van der Waals surface area contributed by atoms with Crippen molar-refractivity contribution in [2.75, 3.05) is 32.3 Å². The number of methoxy groups -OCH3 is 2. The number of benzene rings is 1. The first-order valence-corrected chi connectivity index (χ1v) is 8.26. The first-order valence-electron chi connectivity index (χ1n) is 8.26. The molecule has 132 valence electrons. The lowest BCUT2D eigenvalue weighted by Gasteiger charge is -2.17. The third-order valence-corrected chi connectivity index (χ3v) is 4.54. The maximum atomic E-state index is 12.6. The van der Waals surface area contributed by atoms with E-state index in [1.807, 2.05) is 24.3 Å². The van der Waals surface area contributed by atoms with E-state index < -0.39 is 0 Å². The summed E-state index contributed by atoms with van der Waals surface area (Å²) < 4.78 is 11.8. The monoisotopic (exact) mass is 342 g/mol. The molecule has 0 bridgehead atoms. The molecule has 1 atom stereocenters. The minimum absolute atomic E-state index is 0.0255. The normalized spacial score (nSPS) is 17.1. The summed E-state index contributed by atoms with van der Waals surface area (Å²) in [6.45, 7) is 1.42. The molecule has 1 saturated heterocycles. The van der Waals surface area contributed by atoms with Crippen LogP contribution in [0.5, 0.6) is 5.75 Å². The molecule has 6 nitrogen and oxygen atoms in total. The maximum absolute atomic E-state index is 12.6. The Kier molecular flexibility index (Phi) is 5.19. The molecule has 0 spiro atoms. The van der Waals surface area contributed by atoms with Gasteiger partial charge in [0.25, 0.3) is 5.56 Å². The average molecular weight is 342 g/mol. The molecule has 2 heterocycles. The van der Waals surface area contributed by atoms with Crippen molar-refractivity contribution in [3.8, 4) is 5.75 Å². The molecular formula is C19H22N2O4. The zero-order valence-corrected chi connectivity index (χ0v) is 14.5. The molecule has 0 unspecified atom stereocenters. The van der Waals surface area contributed by atoms with Gasteiger partial charge in [0.1, 0.15) is 11.4 Å². The van der Waals surface area contributed by atoms with Crippen molar-refractivity contribution in [3.05, 3.63) is 58.5 Å². The molecule has 0 aliphatic carbocycles. The zero-order chi connectivity index (χ0) is 17.8. The number of rotatable bonds is 6. The largest absolute Gasteiger partial charge is 0.497 e. The highest BCUT2D eigenvalue weighted by atomic mass is 16.5. The van der Waals surface area contributed by atoms with Crippen LogP contribution < -0.4 is 15.2 Å². The smallest absolute Gasteiger partial charge is 0.274 e. The molecule has 0 saturated carbocycles. The topological polar surface area (TPSA) is 60.8 Å². The van der Waals surface area contributed by atoms with E-state index in [1.165, 1.54) is 0 Å². The Hall–Kier alpha value is -2.60. The molecule has 25 heavy (non-hydrogen) atoms. The number of nitrogens with zero attached hydrogens (tertiary/aromatic N) is 2. The van der Waals surface area contributed by atoms with Gasteiger partial charge >= 0.3 is 0 Å². The Labute approximate surface area is 146 Å². The molecule has 0 N–H and O–H groups in total. The molecule has 3 rings (SSSR count). The Morgan fingerprint density at radius 2 is 1.88 bits per heavy atom. The van der Waals surface area contributed by atoms with Crippen LogP contribution in [0.15, 0.2) is 47.4 Å². The summed E-state index contributed by atoms with van der Waals surface area (Å²) in [4.78, 5) is 26.7. The molecule has 1 aromatic heterocycles. The number of hydrogen-bond donors (Lipinski definition) is 0. The van der Waals surface area contributed by atoms with Gasteiger partial charge in [0.15, 0.2) is 0 Å². The van der Waals surface area contributed by atoms with E-state index in [2.05, 4.69) is 0 Å². The van der Waals surface area contributed by atoms with Crippen molar-refractivity contribution < 1.29 is 14.3 Å². The molecule has 1 amide bonds. The summed E-state index contributed by atoms with van der Waals surface area (Å²) in [5.74, 6) is 0.835.